The van der Waals surface area contributed by atoms with Crippen molar-refractivity contribution in [3.63, 3.8) is 0 Å². The number of methoxy groups -OCH3 is 1. The highest BCUT2D eigenvalue weighted by molar-refractivity contribution is 8.03. The average Bonchev–Trinajstić information content (AvgIpc) is 2.72. The molecule has 1 atom stereocenters. The van der Waals surface area contributed by atoms with Crippen LogP contribution in [0.1, 0.15) is 17.9 Å². The third-order valence-corrected chi connectivity index (χ3v) is 5.38. The lowest BCUT2D eigenvalue weighted by atomic mass is 9.87. The second kappa shape index (κ2) is 9.26. The monoisotopic (exact) mass is 411 g/mol. The SMILES string of the molecule is COc1ccc(NC(=O)CSC2=C(C#N)C(c3ccccc3F)CC(=O)N2)cc1. The Balaban J connectivity index is 1.73. The van der Waals surface area contributed by atoms with Gasteiger partial charge in [-0.15, -0.1) is 0 Å². The number of ether oxygens (including phenoxy) is 1. The van der Waals surface area contributed by atoms with Crippen LogP contribution in [0.25, 0.3) is 0 Å². The summed E-state index contributed by atoms with van der Waals surface area (Å²) >= 11 is 1.04. The van der Waals surface area contributed by atoms with E-state index in [4.69, 9.17) is 4.74 Å². The second-order valence-electron chi connectivity index (χ2n) is 6.25. The lowest BCUT2D eigenvalue weighted by Crippen LogP contribution is -2.31. The molecule has 29 heavy (non-hydrogen) atoms. The third kappa shape index (κ3) is 4.95. The number of rotatable bonds is 6. The number of halogens is 1. The van der Waals surface area contributed by atoms with E-state index in [9.17, 15) is 19.2 Å². The number of nitriles is 1. The molecule has 6 nitrogen and oxygen atoms in total. The average molecular weight is 411 g/mol. The molecule has 2 aromatic carbocycles. The summed E-state index contributed by atoms with van der Waals surface area (Å²) in [6.45, 7) is 0. The number of benzene rings is 2. The van der Waals surface area contributed by atoms with E-state index in [2.05, 4.69) is 16.7 Å². The van der Waals surface area contributed by atoms with Crippen LogP contribution in [-0.2, 0) is 9.59 Å². The molecule has 0 bridgehead atoms. The van der Waals surface area contributed by atoms with Crippen LogP contribution in [-0.4, -0.2) is 24.7 Å². The first kappa shape index (κ1) is 20.4. The molecule has 0 aromatic heterocycles. The Kier molecular flexibility index (Phi) is 6.52. The molecule has 148 valence electrons. The van der Waals surface area contributed by atoms with Crippen molar-refractivity contribution < 1.29 is 18.7 Å². The number of carbonyl (C=O) groups excluding carboxylic acids is 2. The number of carbonyl (C=O) groups is 2. The van der Waals surface area contributed by atoms with Gasteiger partial charge in [-0.1, -0.05) is 30.0 Å². The number of nitrogens with one attached hydrogen (secondary N) is 2. The Hall–Kier alpha value is -3.31. The Bertz CT molecular complexity index is 999. The third-order valence-electron chi connectivity index (χ3n) is 4.36. The molecule has 3 rings (SSSR count). The van der Waals surface area contributed by atoms with Crippen LogP contribution in [0.2, 0.25) is 0 Å². The summed E-state index contributed by atoms with van der Waals surface area (Å²) in [5.41, 5.74) is 1.14. The molecule has 1 heterocycles. The molecule has 1 unspecified atom stereocenters. The van der Waals surface area contributed by atoms with E-state index in [1.165, 1.54) is 6.07 Å². The van der Waals surface area contributed by atoms with E-state index in [0.717, 1.165) is 11.8 Å². The van der Waals surface area contributed by atoms with Gasteiger partial charge in [-0.3, -0.25) is 9.59 Å². The smallest absolute Gasteiger partial charge is 0.234 e. The molecule has 0 radical (unpaired) electrons. The Morgan fingerprint density at radius 2 is 2.03 bits per heavy atom. The predicted octanol–water partition coefficient (Wildman–Crippen LogP) is 3.54. The zero-order valence-corrected chi connectivity index (χ0v) is 16.4. The molecular formula is C21H18FN3O3S. The number of hydrogen-bond acceptors (Lipinski definition) is 5. The van der Waals surface area contributed by atoms with Crippen LogP contribution in [0.3, 0.4) is 0 Å². The molecule has 2 N–H and O–H groups in total. The van der Waals surface area contributed by atoms with Crippen LogP contribution < -0.4 is 15.4 Å². The highest BCUT2D eigenvalue weighted by atomic mass is 32.2. The van der Waals surface area contributed by atoms with Crippen LogP contribution in [0.5, 0.6) is 5.75 Å². The van der Waals surface area contributed by atoms with Gasteiger partial charge in [0.15, 0.2) is 0 Å². The molecule has 0 saturated heterocycles. The standard InChI is InChI=1S/C21H18FN3O3S/c1-28-14-8-6-13(7-9-14)24-20(27)12-29-21-17(11-23)16(10-19(26)25-21)15-4-2-3-5-18(15)22/h2-9,16H,10,12H2,1H3,(H,24,27)(H,25,26). The first-order valence-corrected chi connectivity index (χ1v) is 9.75. The van der Waals surface area contributed by atoms with Crippen molar-refractivity contribution in [2.45, 2.75) is 12.3 Å². The zero-order chi connectivity index (χ0) is 20.8. The molecule has 1 aliphatic heterocycles. The summed E-state index contributed by atoms with van der Waals surface area (Å²) in [4.78, 5) is 24.4. The van der Waals surface area contributed by atoms with Crippen LogP contribution in [0.15, 0.2) is 59.1 Å². The fraction of sp³-hybridized carbons (Fsp3) is 0.190. The highest BCUT2D eigenvalue weighted by Crippen LogP contribution is 2.36. The maximum Gasteiger partial charge on any atom is 0.234 e. The quantitative estimate of drug-likeness (QED) is 0.759. The summed E-state index contributed by atoms with van der Waals surface area (Å²) in [5, 5.41) is 15.3. The van der Waals surface area contributed by atoms with E-state index in [1.54, 1.807) is 49.6 Å². The van der Waals surface area contributed by atoms with Crippen LogP contribution >= 0.6 is 11.8 Å². The lowest BCUT2D eigenvalue weighted by molar-refractivity contribution is -0.121. The minimum atomic E-state index is -0.679. The van der Waals surface area contributed by atoms with Crippen LogP contribution in [0, 0.1) is 17.1 Å². The van der Waals surface area contributed by atoms with Gasteiger partial charge < -0.3 is 15.4 Å². The molecule has 0 spiro atoms. The minimum absolute atomic E-state index is 0.0170. The number of nitrogens with zero attached hydrogens (tertiary/aromatic N) is 1. The highest BCUT2D eigenvalue weighted by Gasteiger charge is 2.31. The molecule has 0 aliphatic carbocycles. The van der Waals surface area contributed by atoms with Crippen molar-refractivity contribution in [2.75, 3.05) is 18.2 Å². The molecule has 0 fully saturated rings. The number of amides is 2. The molecular weight excluding hydrogens is 393 g/mol. The Labute approximate surface area is 171 Å². The van der Waals surface area contributed by atoms with Crippen molar-refractivity contribution >= 4 is 29.3 Å². The van der Waals surface area contributed by atoms with Gasteiger partial charge in [0, 0.05) is 18.0 Å². The molecule has 2 amide bonds. The normalized spacial score (nSPS) is 16.0. The van der Waals surface area contributed by atoms with Crippen LogP contribution in [0.4, 0.5) is 10.1 Å². The fourth-order valence-electron chi connectivity index (χ4n) is 2.97. The minimum Gasteiger partial charge on any atom is -0.497 e. The summed E-state index contributed by atoms with van der Waals surface area (Å²) in [6, 6.07) is 15.0. The van der Waals surface area contributed by atoms with Crippen molar-refractivity contribution in [1.29, 1.82) is 5.26 Å². The van der Waals surface area contributed by atoms with Gasteiger partial charge in [-0.05, 0) is 35.9 Å². The Morgan fingerprint density at radius 1 is 1.31 bits per heavy atom. The second-order valence-corrected chi connectivity index (χ2v) is 7.23. The van der Waals surface area contributed by atoms with Gasteiger partial charge in [-0.25, -0.2) is 4.39 Å². The maximum atomic E-state index is 14.2. The number of thioether (sulfide) groups is 1. The largest absolute Gasteiger partial charge is 0.497 e. The lowest BCUT2D eigenvalue weighted by Gasteiger charge is -2.25. The van der Waals surface area contributed by atoms with Gasteiger partial charge in [0.25, 0.3) is 0 Å². The summed E-state index contributed by atoms with van der Waals surface area (Å²) < 4.78 is 19.3. The van der Waals surface area contributed by atoms with E-state index < -0.39 is 11.7 Å². The van der Waals surface area contributed by atoms with E-state index in [-0.39, 0.29) is 34.6 Å². The number of hydrogen-bond donors (Lipinski definition) is 2. The molecule has 8 heteroatoms. The van der Waals surface area contributed by atoms with Crippen molar-refractivity contribution in [3.8, 4) is 11.8 Å². The zero-order valence-electron chi connectivity index (χ0n) is 15.6. The summed E-state index contributed by atoms with van der Waals surface area (Å²) in [6.07, 6.45) is -0.0219. The summed E-state index contributed by atoms with van der Waals surface area (Å²) in [7, 11) is 1.55. The topological polar surface area (TPSA) is 91.2 Å². The van der Waals surface area contributed by atoms with E-state index in [1.807, 2.05) is 0 Å². The van der Waals surface area contributed by atoms with Gasteiger partial charge >= 0.3 is 0 Å². The first-order valence-electron chi connectivity index (χ1n) is 8.77. The molecule has 2 aromatic rings. The fourth-order valence-corrected chi connectivity index (χ4v) is 3.84. The van der Waals surface area contributed by atoms with Gasteiger partial charge in [0.05, 0.1) is 29.5 Å². The van der Waals surface area contributed by atoms with Crippen molar-refractivity contribution in [2.24, 2.45) is 0 Å². The van der Waals surface area contributed by atoms with Crippen molar-refractivity contribution in [3.05, 3.63) is 70.5 Å². The number of allylic oxidation sites excluding steroid dienone is 1. The molecule has 1 aliphatic rings. The number of anilines is 1. The Morgan fingerprint density at radius 3 is 2.69 bits per heavy atom. The molecule has 0 saturated carbocycles. The van der Waals surface area contributed by atoms with E-state index >= 15 is 0 Å². The van der Waals surface area contributed by atoms with Gasteiger partial charge in [0.1, 0.15) is 11.6 Å². The predicted molar refractivity (Wildman–Crippen MR) is 109 cm³/mol. The van der Waals surface area contributed by atoms with Gasteiger partial charge in [-0.2, -0.15) is 5.26 Å². The first-order chi connectivity index (χ1) is 14.0. The maximum absolute atomic E-state index is 14.2. The van der Waals surface area contributed by atoms with Crippen molar-refractivity contribution in [1.82, 2.24) is 5.32 Å². The van der Waals surface area contributed by atoms with Gasteiger partial charge in [0.2, 0.25) is 11.8 Å². The van der Waals surface area contributed by atoms with E-state index in [0.29, 0.717) is 17.0 Å². The summed E-state index contributed by atoms with van der Waals surface area (Å²) in [5.74, 6) is -1.12.